The maximum absolute atomic E-state index is 13.9. The first-order chi connectivity index (χ1) is 9.97. The number of carbonyl (C=O) groups excluding carboxylic acids is 1. The van der Waals surface area contributed by atoms with Crippen LogP contribution < -0.4 is 11.5 Å². The average Bonchev–Trinajstić information content (AvgIpc) is 2.43. The molecule has 0 bridgehead atoms. The molecule has 0 aromatic heterocycles. The molecule has 0 heterocycles. The minimum absolute atomic E-state index is 0.172. The Labute approximate surface area is 123 Å². The standard InChI is InChI=1S/C16H18FN3O/c1-20(10-13-4-2-3-5-15(13)18)9-12-7-6-11(16(19)21)8-14(12)17/h2-8H,9-10,18H2,1H3,(H2,19,21). The van der Waals surface area contributed by atoms with Gasteiger partial charge in [0.15, 0.2) is 0 Å². The number of nitrogens with two attached hydrogens (primary N) is 2. The minimum Gasteiger partial charge on any atom is -0.398 e. The Balaban J connectivity index is 2.08. The number of hydrogen-bond acceptors (Lipinski definition) is 3. The van der Waals surface area contributed by atoms with Crippen molar-refractivity contribution in [1.82, 2.24) is 4.90 Å². The molecule has 110 valence electrons. The van der Waals surface area contributed by atoms with Crippen LogP contribution in [0.25, 0.3) is 0 Å². The van der Waals surface area contributed by atoms with Gasteiger partial charge >= 0.3 is 0 Å². The summed E-state index contributed by atoms with van der Waals surface area (Å²) < 4.78 is 13.9. The third-order valence-electron chi connectivity index (χ3n) is 3.27. The van der Waals surface area contributed by atoms with Gasteiger partial charge in [-0.15, -0.1) is 0 Å². The molecule has 2 aromatic carbocycles. The molecule has 0 atom stereocenters. The van der Waals surface area contributed by atoms with Gasteiger partial charge < -0.3 is 11.5 Å². The lowest BCUT2D eigenvalue weighted by molar-refractivity contribution is 0.1000. The van der Waals surface area contributed by atoms with Crippen molar-refractivity contribution in [3.63, 3.8) is 0 Å². The van der Waals surface area contributed by atoms with Crippen molar-refractivity contribution in [3.8, 4) is 0 Å². The summed E-state index contributed by atoms with van der Waals surface area (Å²) >= 11 is 0. The molecule has 2 rings (SSSR count). The van der Waals surface area contributed by atoms with Gasteiger partial charge in [-0.1, -0.05) is 24.3 Å². The molecule has 0 spiro atoms. The maximum atomic E-state index is 13.9. The smallest absolute Gasteiger partial charge is 0.248 e. The summed E-state index contributed by atoms with van der Waals surface area (Å²) in [6, 6.07) is 11.9. The predicted molar refractivity (Wildman–Crippen MR) is 80.9 cm³/mol. The number of carbonyl (C=O) groups is 1. The first-order valence-corrected chi connectivity index (χ1v) is 6.57. The fraction of sp³-hybridized carbons (Fsp3) is 0.188. The summed E-state index contributed by atoms with van der Waals surface area (Å²) in [7, 11) is 1.88. The minimum atomic E-state index is -0.633. The predicted octanol–water partition coefficient (Wildman–Crippen LogP) is 2.14. The summed E-state index contributed by atoms with van der Waals surface area (Å²) in [5.74, 6) is -1.06. The Morgan fingerprint density at radius 3 is 2.43 bits per heavy atom. The quantitative estimate of drug-likeness (QED) is 0.828. The van der Waals surface area contributed by atoms with E-state index in [1.54, 1.807) is 6.07 Å². The summed E-state index contributed by atoms with van der Waals surface area (Å²) in [4.78, 5) is 12.9. The number of nitrogens with zero attached hydrogens (tertiary/aromatic N) is 1. The van der Waals surface area contributed by atoms with Crippen molar-refractivity contribution in [3.05, 3.63) is 65.0 Å². The van der Waals surface area contributed by atoms with E-state index in [1.165, 1.54) is 12.1 Å². The number of primary amides is 1. The zero-order valence-corrected chi connectivity index (χ0v) is 11.8. The van der Waals surface area contributed by atoms with Crippen LogP contribution in [0.15, 0.2) is 42.5 Å². The molecule has 1 amide bonds. The van der Waals surface area contributed by atoms with Crippen LogP contribution in [0.3, 0.4) is 0 Å². The van der Waals surface area contributed by atoms with Crippen LogP contribution in [0.5, 0.6) is 0 Å². The highest BCUT2D eigenvalue weighted by molar-refractivity contribution is 5.92. The largest absolute Gasteiger partial charge is 0.398 e. The summed E-state index contributed by atoms with van der Waals surface area (Å²) in [6.07, 6.45) is 0. The molecule has 0 unspecified atom stereocenters. The lowest BCUT2D eigenvalue weighted by Gasteiger charge is -2.18. The number of hydrogen-bond donors (Lipinski definition) is 2. The molecular weight excluding hydrogens is 269 g/mol. The molecule has 0 fully saturated rings. The fourth-order valence-electron chi connectivity index (χ4n) is 2.14. The van der Waals surface area contributed by atoms with Crippen molar-refractivity contribution < 1.29 is 9.18 Å². The van der Waals surface area contributed by atoms with E-state index in [1.807, 2.05) is 36.2 Å². The number of halogens is 1. The van der Waals surface area contributed by atoms with Crippen LogP contribution in [0.1, 0.15) is 21.5 Å². The molecule has 0 aliphatic heterocycles. The van der Waals surface area contributed by atoms with Gasteiger partial charge in [0.1, 0.15) is 5.82 Å². The third kappa shape index (κ3) is 3.79. The molecule has 0 aliphatic rings. The number of para-hydroxylation sites is 1. The molecule has 4 nitrogen and oxygen atoms in total. The monoisotopic (exact) mass is 287 g/mol. The molecule has 0 aliphatic carbocycles. The fourth-order valence-corrected chi connectivity index (χ4v) is 2.14. The van der Waals surface area contributed by atoms with Crippen LogP contribution in [0.2, 0.25) is 0 Å². The highest BCUT2D eigenvalue weighted by Crippen LogP contribution is 2.16. The van der Waals surface area contributed by atoms with Crippen LogP contribution in [0.4, 0.5) is 10.1 Å². The maximum Gasteiger partial charge on any atom is 0.248 e. The summed E-state index contributed by atoms with van der Waals surface area (Å²) in [5, 5.41) is 0. The number of anilines is 1. The van der Waals surface area contributed by atoms with E-state index in [9.17, 15) is 9.18 Å². The molecule has 4 N–H and O–H groups in total. The van der Waals surface area contributed by atoms with Gasteiger partial charge in [-0.25, -0.2) is 4.39 Å². The number of nitrogen functional groups attached to an aromatic ring is 1. The Hall–Kier alpha value is -2.40. The van der Waals surface area contributed by atoms with Crippen molar-refractivity contribution >= 4 is 11.6 Å². The summed E-state index contributed by atoms with van der Waals surface area (Å²) in [5.41, 5.74) is 13.4. The second-order valence-electron chi connectivity index (χ2n) is 5.04. The number of amides is 1. The van der Waals surface area contributed by atoms with Gasteiger partial charge in [-0.3, -0.25) is 9.69 Å². The van der Waals surface area contributed by atoms with Gasteiger partial charge in [0.05, 0.1) is 0 Å². The molecular formula is C16H18FN3O. The van der Waals surface area contributed by atoms with Crippen LogP contribution >= 0.6 is 0 Å². The second-order valence-corrected chi connectivity index (χ2v) is 5.04. The first kappa shape index (κ1) is 15.0. The van der Waals surface area contributed by atoms with Crippen molar-refractivity contribution in [1.29, 1.82) is 0 Å². The van der Waals surface area contributed by atoms with Gasteiger partial charge in [0.2, 0.25) is 5.91 Å². The van der Waals surface area contributed by atoms with Crippen LogP contribution in [-0.4, -0.2) is 17.9 Å². The van der Waals surface area contributed by atoms with Crippen LogP contribution in [-0.2, 0) is 13.1 Å². The normalized spacial score (nSPS) is 10.8. The van der Waals surface area contributed by atoms with E-state index in [-0.39, 0.29) is 5.56 Å². The van der Waals surface area contributed by atoms with Crippen molar-refractivity contribution in [2.75, 3.05) is 12.8 Å². The second kappa shape index (κ2) is 6.37. The highest BCUT2D eigenvalue weighted by atomic mass is 19.1. The zero-order valence-electron chi connectivity index (χ0n) is 11.8. The molecule has 0 radical (unpaired) electrons. The first-order valence-electron chi connectivity index (χ1n) is 6.57. The SMILES string of the molecule is CN(Cc1ccccc1N)Cc1ccc(C(N)=O)cc1F. The van der Waals surface area contributed by atoms with E-state index < -0.39 is 11.7 Å². The number of rotatable bonds is 5. The van der Waals surface area contributed by atoms with Gasteiger partial charge in [0, 0.05) is 29.9 Å². The zero-order chi connectivity index (χ0) is 15.4. The van der Waals surface area contributed by atoms with E-state index in [0.717, 1.165) is 5.56 Å². The van der Waals surface area contributed by atoms with Crippen molar-refractivity contribution in [2.24, 2.45) is 5.73 Å². The topological polar surface area (TPSA) is 72.3 Å². The Bertz CT molecular complexity index is 658. The lowest BCUT2D eigenvalue weighted by atomic mass is 10.1. The van der Waals surface area contributed by atoms with Gasteiger partial charge in [-0.2, -0.15) is 0 Å². The molecule has 0 saturated carbocycles. The molecule has 5 heteroatoms. The van der Waals surface area contributed by atoms with E-state index in [0.29, 0.717) is 24.3 Å². The molecule has 21 heavy (non-hydrogen) atoms. The van der Waals surface area contributed by atoms with E-state index in [2.05, 4.69) is 0 Å². The van der Waals surface area contributed by atoms with Gasteiger partial charge in [-0.05, 0) is 30.8 Å². The number of benzene rings is 2. The van der Waals surface area contributed by atoms with Crippen molar-refractivity contribution in [2.45, 2.75) is 13.1 Å². The third-order valence-corrected chi connectivity index (χ3v) is 3.27. The Morgan fingerprint density at radius 1 is 1.14 bits per heavy atom. The van der Waals surface area contributed by atoms with Gasteiger partial charge in [0.25, 0.3) is 0 Å². The molecule has 0 saturated heterocycles. The lowest BCUT2D eigenvalue weighted by Crippen LogP contribution is -2.19. The average molecular weight is 287 g/mol. The highest BCUT2D eigenvalue weighted by Gasteiger charge is 2.10. The molecule has 2 aromatic rings. The summed E-state index contributed by atoms with van der Waals surface area (Å²) in [6.45, 7) is 1.03. The van der Waals surface area contributed by atoms with Crippen LogP contribution in [0, 0.1) is 5.82 Å². The van der Waals surface area contributed by atoms with E-state index in [4.69, 9.17) is 11.5 Å². The Kier molecular flexibility index (Phi) is 4.55. The Morgan fingerprint density at radius 2 is 1.81 bits per heavy atom. The van der Waals surface area contributed by atoms with E-state index >= 15 is 0 Å².